The van der Waals surface area contributed by atoms with Gasteiger partial charge in [0.2, 0.25) is 0 Å². The number of hydrogen-bond donors (Lipinski definition) is 2. The van der Waals surface area contributed by atoms with Crippen LogP contribution in [0.2, 0.25) is 0 Å². The first kappa shape index (κ1) is 19.1. The maximum Gasteiger partial charge on any atom is 0.273 e. The van der Waals surface area contributed by atoms with E-state index in [1.807, 2.05) is 0 Å². The van der Waals surface area contributed by atoms with Crippen LogP contribution in [0, 0.1) is 10.1 Å². The van der Waals surface area contributed by atoms with Gasteiger partial charge in [0, 0.05) is 6.07 Å². The Morgan fingerprint density at radius 1 is 0.957 bits per heavy atom. The molecule has 0 aromatic heterocycles. The molecule has 130 valence electrons. The topological polar surface area (TPSA) is 121 Å². The standard InChI is InChI=1S/C14H21NO8/c16-3-4-20-5-6-21-7-8-22-9-10-23-14-11-12(15(18)19)1-2-13(14)17/h1-2,11,16-17H,3-10H2. The molecule has 0 aliphatic heterocycles. The molecule has 0 amide bonds. The van der Waals surface area contributed by atoms with E-state index in [1.165, 1.54) is 12.1 Å². The minimum atomic E-state index is -0.565. The fourth-order valence-electron chi connectivity index (χ4n) is 1.55. The molecule has 9 nitrogen and oxygen atoms in total. The van der Waals surface area contributed by atoms with Crippen molar-refractivity contribution in [1.82, 2.24) is 0 Å². The monoisotopic (exact) mass is 331 g/mol. The first-order chi connectivity index (χ1) is 11.1. The van der Waals surface area contributed by atoms with Crippen LogP contribution in [-0.2, 0) is 14.2 Å². The van der Waals surface area contributed by atoms with Crippen LogP contribution in [0.5, 0.6) is 11.5 Å². The van der Waals surface area contributed by atoms with Crippen molar-refractivity contribution in [2.24, 2.45) is 0 Å². The Balaban J connectivity index is 2.07. The number of nitrogens with zero attached hydrogens (tertiary/aromatic N) is 1. The number of benzene rings is 1. The number of hydrogen-bond acceptors (Lipinski definition) is 8. The molecule has 0 atom stereocenters. The van der Waals surface area contributed by atoms with E-state index in [4.69, 9.17) is 24.1 Å². The second kappa shape index (κ2) is 11.6. The number of aliphatic hydroxyl groups excluding tert-OH is 1. The highest BCUT2D eigenvalue weighted by Gasteiger charge is 2.11. The molecule has 0 aliphatic carbocycles. The summed E-state index contributed by atoms with van der Waals surface area (Å²) in [6, 6.07) is 3.56. The zero-order chi connectivity index (χ0) is 16.9. The second-order valence-electron chi connectivity index (χ2n) is 4.32. The molecule has 0 radical (unpaired) electrons. The van der Waals surface area contributed by atoms with E-state index < -0.39 is 4.92 Å². The van der Waals surface area contributed by atoms with Crippen molar-refractivity contribution in [2.75, 3.05) is 52.9 Å². The molecule has 23 heavy (non-hydrogen) atoms. The fraction of sp³-hybridized carbons (Fsp3) is 0.571. The molecule has 0 heterocycles. The molecular formula is C14H21NO8. The average molecular weight is 331 g/mol. The van der Waals surface area contributed by atoms with Crippen molar-refractivity contribution in [2.45, 2.75) is 0 Å². The molecule has 0 saturated carbocycles. The molecule has 0 fully saturated rings. The molecule has 0 saturated heterocycles. The minimum Gasteiger partial charge on any atom is -0.504 e. The van der Waals surface area contributed by atoms with Gasteiger partial charge in [0.05, 0.1) is 57.2 Å². The van der Waals surface area contributed by atoms with Gasteiger partial charge in [-0.15, -0.1) is 0 Å². The maximum absolute atomic E-state index is 10.6. The predicted molar refractivity (Wildman–Crippen MR) is 79.8 cm³/mol. The smallest absolute Gasteiger partial charge is 0.273 e. The normalized spacial score (nSPS) is 10.7. The summed E-state index contributed by atoms with van der Waals surface area (Å²) in [5.74, 6) is -0.123. The Hall–Kier alpha value is -1.94. The van der Waals surface area contributed by atoms with E-state index in [0.29, 0.717) is 33.0 Å². The molecule has 0 spiro atoms. The van der Waals surface area contributed by atoms with Crippen LogP contribution in [0.25, 0.3) is 0 Å². The van der Waals surface area contributed by atoms with Crippen LogP contribution in [0.1, 0.15) is 0 Å². The number of nitro groups is 1. The van der Waals surface area contributed by atoms with E-state index in [9.17, 15) is 15.2 Å². The minimum absolute atomic E-state index is 0.0107. The van der Waals surface area contributed by atoms with Gasteiger partial charge in [-0.1, -0.05) is 0 Å². The highest BCUT2D eigenvalue weighted by molar-refractivity contribution is 5.47. The first-order valence-electron chi connectivity index (χ1n) is 7.09. The number of non-ortho nitro benzene ring substituents is 1. The maximum atomic E-state index is 10.6. The Morgan fingerprint density at radius 2 is 1.52 bits per heavy atom. The average Bonchev–Trinajstić information content (AvgIpc) is 2.54. The number of phenolic OH excluding ortho intramolecular Hbond substituents is 1. The van der Waals surface area contributed by atoms with Crippen LogP contribution in [0.15, 0.2) is 18.2 Å². The van der Waals surface area contributed by atoms with Crippen LogP contribution in [0.3, 0.4) is 0 Å². The van der Waals surface area contributed by atoms with E-state index in [-0.39, 0.29) is 37.0 Å². The van der Waals surface area contributed by atoms with E-state index in [0.717, 1.165) is 6.07 Å². The SMILES string of the molecule is O=[N+]([O-])c1ccc(O)c(OCCOCCOCCOCCO)c1. The van der Waals surface area contributed by atoms with Crippen molar-refractivity contribution in [3.05, 3.63) is 28.3 Å². The summed E-state index contributed by atoms with van der Waals surface area (Å²) < 4.78 is 20.7. The van der Waals surface area contributed by atoms with Gasteiger partial charge in [-0.25, -0.2) is 0 Å². The van der Waals surface area contributed by atoms with Crippen molar-refractivity contribution in [3.8, 4) is 11.5 Å². The summed E-state index contributed by atoms with van der Waals surface area (Å²) in [4.78, 5) is 10.1. The number of phenols is 1. The fourth-order valence-corrected chi connectivity index (χ4v) is 1.55. The van der Waals surface area contributed by atoms with Gasteiger partial charge in [-0.2, -0.15) is 0 Å². The lowest BCUT2D eigenvalue weighted by Gasteiger charge is -2.09. The van der Waals surface area contributed by atoms with Gasteiger partial charge in [0.15, 0.2) is 11.5 Å². The molecule has 9 heteroatoms. The zero-order valence-corrected chi connectivity index (χ0v) is 12.7. The highest BCUT2D eigenvalue weighted by Crippen LogP contribution is 2.29. The highest BCUT2D eigenvalue weighted by atomic mass is 16.6. The third-order valence-electron chi connectivity index (χ3n) is 2.62. The molecule has 0 unspecified atom stereocenters. The number of aliphatic hydroxyl groups is 1. The Kier molecular flexibility index (Phi) is 9.64. The predicted octanol–water partition coefficient (Wildman–Crippen LogP) is 0.721. The van der Waals surface area contributed by atoms with Crippen molar-refractivity contribution in [1.29, 1.82) is 0 Å². The first-order valence-corrected chi connectivity index (χ1v) is 7.09. The lowest BCUT2D eigenvalue weighted by Crippen LogP contribution is -2.13. The second-order valence-corrected chi connectivity index (χ2v) is 4.32. The van der Waals surface area contributed by atoms with Crippen molar-refractivity contribution >= 4 is 5.69 Å². The Bertz CT molecular complexity index is 468. The zero-order valence-electron chi connectivity index (χ0n) is 12.7. The molecular weight excluding hydrogens is 310 g/mol. The van der Waals surface area contributed by atoms with Crippen LogP contribution in [0.4, 0.5) is 5.69 Å². The summed E-state index contributed by atoms with van der Waals surface area (Å²) in [5, 5.41) is 28.7. The van der Waals surface area contributed by atoms with Gasteiger partial charge in [0.1, 0.15) is 6.61 Å². The number of nitro benzene ring substituents is 1. The summed E-state index contributed by atoms with van der Waals surface area (Å²) in [7, 11) is 0. The lowest BCUT2D eigenvalue weighted by atomic mass is 10.3. The summed E-state index contributed by atoms with van der Waals surface area (Å²) in [6.07, 6.45) is 0. The molecule has 0 aliphatic rings. The lowest BCUT2D eigenvalue weighted by molar-refractivity contribution is -0.385. The van der Waals surface area contributed by atoms with Gasteiger partial charge < -0.3 is 29.2 Å². The molecule has 2 N–H and O–H groups in total. The largest absolute Gasteiger partial charge is 0.504 e. The number of ether oxygens (including phenoxy) is 4. The van der Waals surface area contributed by atoms with Gasteiger partial charge in [-0.05, 0) is 6.07 Å². The Labute approximate surface area is 133 Å². The van der Waals surface area contributed by atoms with Crippen molar-refractivity contribution in [3.63, 3.8) is 0 Å². The van der Waals surface area contributed by atoms with Crippen molar-refractivity contribution < 1.29 is 34.1 Å². The van der Waals surface area contributed by atoms with E-state index in [1.54, 1.807) is 0 Å². The summed E-state index contributed by atoms with van der Waals surface area (Å²) >= 11 is 0. The van der Waals surface area contributed by atoms with Crippen LogP contribution < -0.4 is 4.74 Å². The quantitative estimate of drug-likeness (QED) is 0.308. The van der Waals surface area contributed by atoms with Crippen LogP contribution >= 0.6 is 0 Å². The third-order valence-corrected chi connectivity index (χ3v) is 2.62. The van der Waals surface area contributed by atoms with Gasteiger partial charge in [0.25, 0.3) is 5.69 Å². The number of aromatic hydroxyl groups is 1. The Morgan fingerprint density at radius 3 is 2.09 bits per heavy atom. The van der Waals surface area contributed by atoms with Gasteiger partial charge in [-0.3, -0.25) is 10.1 Å². The number of rotatable bonds is 13. The molecule has 1 aromatic carbocycles. The summed E-state index contributed by atoms with van der Waals surface area (Å²) in [6.45, 7) is 2.28. The summed E-state index contributed by atoms with van der Waals surface area (Å²) in [5.41, 5.74) is -0.157. The van der Waals surface area contributed by atoms with Crippen LogP contribution in [-0.4, -0.2) is 68.0 Å². The van der Waals surface area contributed by atoms with Gasteiger partial charge >= 0.3 is 0 Å². The molecule has 0 bridgehead atoms. The van der Waals surface area contributed by atoms with E-state index in [2.05, 4.69) is 0 Å². The third kappa shape index (κ3) is 8.31. The molecule has 1 aromatic rings. The van der Waals surface area contributed by atoms with E-state index >= 15 is 0 Å². The molecule has 1 rings (SSSR count).